The first-order chi connectivity index (χ1) is 8.25. The molecule has 0 aromatic carbocycles. The lowest BCUT2D eigenvalue weighted by atomic mass is 10.2. The van der Waals surface area contributed by atoms with Gasteiger partial charge in [-0.25, -0.2) is 0 Å². The summed E-state index contributed by atoms with van der Waals surface area (Å²) >= 11 is 0. The summed E-state index contributed by atoms with van der Waals surface area (Å²) in [6, 6.07) is 6.28. The maximum absolute atomic E-state index is 4.17. The van der Waals surface area contributed by atoms with E-state index in [1.165, 1.54) is 0 Å². The Balaban J connectivity index is 0.000000686. The first kappa shape index (κ1) is 13.2. The van der Waals surface area contributed by atoms with Gasteiger partial charge >= 0.3 is 0 Å². The zero-order valence-corrected chi connectivity index (χ0v) is 10.9. The highest BCUT2D eigenvalue weighted by molar-refractivity contribution is 5.61. The summed E-state index contributed by atoms with van der Waals surface area (Å²) in [5.74, 6) is 0.865. The fraction of sp³-hybridized carbons (Fsp3) is 0.385. The molecule has 92 valence electrons. The van der Waals surface area contributed by atoms with Crippen LogP contribution in [0.5, 0.6) is 0 Å². The van der Waals surface area contributed by atoms with E-state index >= 15 is 0 Å². The van der Waals surface area contributed by atoms with Crippen LogP contribution in [-0.4, -0.2) is 21.2 Å². The normalized spacial score (nSPS) is 9.71. The molecule has 2 N–H and O–H groups in total. The fourth-order valence-electron chi connectivity index (χ4n) is 1.36. The van der Waals surface area contributed by atoms with Gasteiger partial charge < -0.3 is 5.32 Å². The van der Waals surface area contributed by atoms with Crippen LogP contribution in [0.1, 0.15) is 27.7 Å². The third kappa shape index (κ3) is 3.90. The Labute approximate surface area is 102 Å². The minimum atomic E-state index is 0.384. The molecule has 0 radical (unpaired) electrons. The van der Waals surface area contributed by atoms with E-state index in [-0.39, 0.29) is 0 Å². The SMILES string of the molecule is CC.CC(C)Nc1cc(-c2cccnc2)[nH]n1. The van der Waals surface area contributed by atoms with Crippen molar-refractivity contribution in [1.29, 1.82) is 0 Å². The molecular weight excluding hydrogens is 212 g/mol. The van der Waals surface area contributed by atoms with Crippen molar-refractivity contribution in [2.24, 2.45) is 0 Å². The third-order valence-electron chi connectivity index (χ3n) is 1.99. The Morgan fingerprint density at radius 1 is 1.29 bits per heavy atom. The maximum atomic E-state index is 4.17. The van der Waals surface area contributed by atoms with Crippen LogP contribution in [0.4, 0.5) is 5.82 Å². The van der Waals surface area contributed by atoms with E-state index in [1.807, 2.05) is 38.2 Å². The number of aromatic amines is 1. The molecule has 2 aromatic heterocycles. The van der Waals surface area contributed by atoms with Crippen LogP contribution in [0.3, 0.4) is 0 Å². The van der Waals surface area contributed by atoms with Gasteiger partial charge in [-0.05, 0) is 26.0 Å². The molecule has 0 unspecified atom stereocenters. The van der Waals surface area contributed by atoms with Crippen LogP contribution in [0.2, 0.25) is 0 Å². The number of anilines is 1. The van der Waals surface area contributed by atoms with E-state index in [9.17, 15) is 0 Å². The van der Waals surface area contributed by atoms with Crippen LogP contribution < -0.4 is 5.32 Å². The summed E-state index contributed by atoms with van der Waals surface area (Å²) in [5.41, 5.74) is 2.02. The van der Waals surface area contributed by atoms with Crippen LogP contribution in [0.15, 0.2) is 30.6 Å². The molecule has 4 nitrogen and oxygen atoms in total. The molecule has 0 bridgehead atoms. The maximum Gasteiger partial charge on any atom is 0.148 e. The molecule has 17 heavy (non-hydrogen) atoms. The largest absolute Gasteiger partial charge is 0.366 e. The van der Waals surface area contributed by atoms with Crippen molar-refractivity contribution in [3.05, 3.63) is 30.6 Å². The average molecular weight is 232 g/mol. The van der Waals surface area contributed by atoms with Crippen molar-refractivity contribution in [1.82, 2.24) is 15.2 Å². The molecule has 0 saturated heterocycles. The predicted molar refractivity (Wildman–Crippen MR) is 71.9 cm³/mol. The Hall–Kier alpha value is -1.84. The van der Waals surface area contributed by atoms with Crippen molar-refractivity contribution in [2.45, 2.75) is 33.7 Å². The number of nitrogens with one attached hydrogen (secondary N) is 2. The Kier molecular flexibility index (Phi) is 5.20. The Bertz CT molecular complexity index is 420. The van der Waals surface area contributed by atoms with Crippen molar-refractivity contribution in [3.8, 4) is 11.3 Å². The lowest BCUT2D eigenvalue weighted by Gasteiger charge is -2.04. The first-order valence-corrected chi connectivity index (χ1v) is 5.98. The standard InChI is InChI=1S/C11H14N4.C2H6/c1-8(2)13-11-6-10(14-15-11)9-4-3-5-12-7-9;1-2/h3-8H,1-2H3,(H2,13,14,15);1-2H3. The van der Waals surface area contributed by atoms with E-state index in [0.717, 1.165) is 17.1 Å². The van der Waals surface area contributed by atoms with Crippen LogP contribution >= 0.6 is 0 Å². The lowest BCUT2D eigenvalue weighted by molar-refractivity contribution is 0.884. The Morgan fingerprint density at radius 2 is 2.06 bits per heavy atom. The van der Waals surface area contributed by atoms with Gasteiger partial charge in [-0.1, -0.05) is 13.8 Å². The average Bonchev–Trinajstić information content (AvgIpc) is 2.80. The van der Waals surface area contributed by atoms with Crippen molar-refractivity contribution in [2.75, 3.05) is 5.32 Å². The number of pyridine rings is 1. The molecule has 0 spiro atoms. The Morgan fingerprint density at radius 3 is 2.65 bits per heavy atom. The van der Waals surface area contributed by atoms with Gasteiger partial charge in [0.2, 0.25) is 0 Å². The van der Waals surface area contributed by atoms with E-state index < -0.39 is 0 Å². The molecule has 0 aliphatic carbocycles. The highest BCUT2D eigenvalue weighted by Gasteiger charge is 2.03. The van der Waals surface area contributed by atoms with Gasteiger partial charge in [-0.15, -0.1) is 0 Å². The van der Waals surface area contributed by atoms with Crippen molar-refractivity contribution < 1.29 is 0 Å². The van der Waals surface area contributed by atoms with Gasteiger partial charge in [0.1, 0.15) is 5.82 Å². The second kappa shape index (κ2) is 6.68. The van der Waals surface area contributed by atoms with Gasteiger partial charge in [-0.2, -0.15) is 5.10 Å². The van der Waals surface area contributed by atoms with Crippen molar-refractivity contribution >= 4 is 5.82 Å². The molecule has 4 heteroatoms. The monoisotopic (exact) mass is 232 g/mol. The molecule has 2 rings (SSSR count). The third-order valence-corrected chi connectivity index (χ3v) is 1.99. The van der Waals surface area contributed by atoms with Crippen LogP contribution in [-0.2, 0) is 0 Å². The molecular formula is C13H20N4. The van der Waals surface area contributed by atoms with Crippen molar-refractivity contribution in [3.63, 3.8) is 0 Å². The number of hydrogen-bond acceptors (Lipinski definition) is 3. The van der Waals surface area contributed by atoms with Gasteiger partial charge in [-0.3, -0.25) is 10.1 Å². The van der Waals surface area contributed by atoms with Gasteiger partial charge in [0, 0.05) is 30.1 Å². The summed E-state index contributed by atoms with van der Waals surface area (Å²) in [5, 5.41) is 10.4. The smallest absolute Gasteiger partial charge is 0.148 e. The number of aromatic nitrogens is 3. The van der Waals surface area contributed by atoms with E-state index in [0.29, 0.717) is 6.04 Å². The molecule has 2 aromatic rings. The number of hydrogen-bond donors (Lipinski definition) is 2. The lowest BCUT2D eigenvalue weighted by Crippen LogP contribution is -2.09. The van der Waals surface area contributed by atoms with Gasteiger partial charge in [0.15, 0.2) is 0 Å². The number of rotatable bonds is 3. The van der Waals surface area contributed by atoms with Gasteiger partial charge in [0.05, 0.1) is 5.69 Å². The quantitative estimate of drug-likeness (QED) is 0.853. The zero-order chi connectivity index (χ0) is 12.7. The summed E-state index contributed by atoms with van der Waals surface area (Å²) in [4.78, 5) is 4.06. The zero-order valence-electron chi connectivity index (χ0n) is 10.9. The fourth-order valence-corrected chi connectivity index (χ4v) is 1.36. The highest BCUT2D eigenvalue weighted by atomic mass is 15.2. The van der Waals surface area contributed by atoms with Crippen LogP contribution in [0.25, 0.3) is 11.3 Å². The summed E-state index contributed by atoms with van der Waals surface area (Å²) in [7, 11) is 0. The summed E-state index contributed by atoms with van der Waals surface area (Å²) < 4.78 is 0. The molecule has 0 amide bonds. The highest BCUT2D eigenvalue weighted by Crippen LogP contribution is 2.18. The topological polar surface area (TPSA) is 53.6 Å². The minimum absolute atomic E-state index is 0.384. The second-order valence-electron chi connectivity index (χ2n) is 3.71. The second-order valence-corrected chi connectivity index (χ2v) is 3.71. The van der Waals surface area contributed by atoms with E-state index in [4.69, 9.17) is 0 Å². The molecule has 0 atom stereocenters. The molecule has 2 heterocycles. The molecule has 0 aliphatic rings. The number of H-pyrrole nitrogens is 1. The molecule has 0 aliphatic heterocycles. The summed E-state index contributed by atoms with van der Waals surface area (Å²) in [6.07, 6.45) is 3.57. The summed E-state index contributed by atoms with van der Waals surface area (Å²) in [6.45, 7) is 8.16. The number of nitrogens with zero attached hydrogens (tertiary/aromatic N) is 2. The van der Waals surface area contributed by atoms with E-state index in [1.54, 1.807) is 6.20 Å². The predicted octanol–water partition coefficient (Wildman–Crippen LogP) is 3.32. The van der Waals surface area contributed by atoms with Gasteiger partial charge in [0.25, 0.3) is 0 Å². The van der Waals surface area contributed by atoms with E-state index in [2.05, 4.69) is 34.3 Å². The first-order valence-electron chi connectivity index (χ1n) is 5.98. The van der Waals surface area contributed by atoms with Crippen LogP contribution in [0, 0.1) is 0 Å². The molecule has 0 saturated carbocycles. The minimum Gasteiger partial charge on any atom is -0.366 e. The molecule has 0 fully saturated rings.